The molecule has 1 aliphatic rings. The van der Waals surface area contributed by atoms with Crippen LogP contribution in [0.4, 0.5) is 0 Å². The van der Waals surface area contributed by atoms with Crippen molar-refractivity contribution in [2.75, 3.05) is 13.1 Å². The Balaban J connectivity index is 2.36. The van der Waals surface area contributed by atoms with Gasteiger partial charge in [0.1, 0.15) is 0 Å². The lowest BCUT2D eigenvalue weighted by molar-refractivity contribution is -0.138. The van der Waals surface area contributed by atoms with E-state index in [1.807, 2.05) is 0 Å². The standard InChI is InChI=1S/C10H15NO3/c1-2-3-9(12)11-5-4-8(7-11)6-10(13)14/h2,8H,1,3-7H2,(H,13,14). The normalized spacial score (nSPS) is 20.9. The van der Waals surface area contributed by atoms with Crippen molar-refractivity contribution in [3.63, 3.8) is 0 Å². The highest BCUT2D eigenvalue weighted by Crippen LogP contribution is 2.19. The lowest BCUT2D eigenvalue weighted by Crippen LogP contribution is -2.28. The molecule has 0 spiro atoms. The van der Waals surface area contributed by atoms with E-state index in [0.717, 1.165) is 6.42 Å². The average Bonchev–Trinajstić information content (AvgIpc) is 2.52. The third-order valence-corrected chi connectivity index (χ3v) is 2.42. The molecule has 0 bridgehead atoms. The van der Waals surface area contributed by atoms with Crippen LogP contribution in [-0.2, 0) is 9.59 Å². The van der Waals surface area contributed by atoms with Crippen LogP contribution >= 0.6 is 0 Å². The molecule has 0 aliphatic carbocycles. The molecule has 0 saturated carbocycles. The van der Waals surface area contributed by atoms with E-state index in [2.05, 4.69) is 6.58 Å². The van der Waals surface area contributed by atoms with Crippen LogP contribution in [0, 0.1) is 5.92 Å². The summed E-state index contributed by atoms with van der Waals surface area (Å²) in [6.45, 7) is 4.77. The Morgan fingerprint density at radius 2 is 2.29 bits per heavy atom. The quantitative estimate of drug-likeness (QED) is 0.681. The molecule has 4 nitrogen and oxygen atoms in total. The van der Waals surface area contributed by atoms with Gasteiger partial charge in [0.05, 0.1) is 0 Å². The Kier molecular flexibility index (Phi) is 3.68. The topological polar surface area (TPSA) is 57.6 Å². The van der Waals surface area contributed by atoms with Crippen LogP contribution in [0.5, 0.6) is 0 Å². The van der Waals surface area contributed by atoms with E-state index in [-0.39, 0.29) is 18.2 Å². The summed E-state index contributed by atoms with van der Waals surface area (Å²) in [5, 5.41) is 8.58. The Morgan fingerprint density at radius 3 is 2.86 bits per heavy atom. The molecule has 1 heterocycles. The zero-order chi connectivity index (χ0) is 10.6. The average molecular weight is 197 g/mol. The number of carboxylic acids is 1. The number of hydrogen-bond acceptors (Lipinski definition) is 2. The summed E-state index contributed by atoms with van der Waals surface area (Å²) in [7, 11) is 0. The lowest BCUT2D eigenvalue weighted by Gasteiger charge is -2.14. The molecule has 0 radical (unpaired) electrons. The summed E-state index contributed by atoms with van der Waals surface area (Å²) >= 11 is 0. The van der Waals surface area contributed by atoms with Crippen LogP contribution in [0.15, 0.2) is 12.7 Å². The Bertz CT molecular complexity index is 250. The minimum atomic E-state index is -0.784. The molecule has 1 N–H and O–H groups in total. The summed E-state index contributed by atoms with van der Waals surface area (Å²) in [5.74, 6) is -0.609. The number of aliphatic carboxylic acids is 1. The zero-order valence-corrected chi connectivity index (χ0v) is 8.11. The van der Waals surface area contributed by atoms with Crippen LogP contribution in [0.25, 0.3) is 0 Å². The number of rotatable bonds is 4. The smallest absolute Gasteiger partial charge is 0.303 e. The summed E-state index contributed by atoms with van der Waals surface area (Å²) in [5.41, 5.74) is 0. The molecule has 1 rings (SSSR count). The molecular formula is C10H15NO3. The van der Waals surface area contributed by atoms with E-state index in [4.69, 9.17) is 5.11 Å². The van der Waals surface area contributed by atoms with E-state index in [1.165, 1.54) is 0 Å². The molecule has 1 fully saturated rings. The first-order valence-corrected chi connectivity index (χ1v) is 4.74. The first kappa shape index (κ1) is 10.8. The molecule has 14 heavy (non-hydrogen) atoms. The fourth-order valence-electron chi connectivity index (χ4n) is 1.73. The predicted octanol–water partition coefficient (Wildman–Crippen LogP) is 0.886. The number of carboxylic acid groups (broad SMARTS) is 1. The van der Waals surface area contributed by atoms with E-state index in [9.17, 15) is 9.59 Å². The lowest BCUT2D eigenvalue weighted by atomic mass is 10.1. The van der Waals surface area contributed by atoms with Gasteiger partial charge in [0, 0.05) is 25.9 Å². The van der Waals surface area contributed by atoms with Crippen molar-refractivity contribution in [2.45, 2.75) is 19.3 Å². The third-order valence-electron chi connectivity index (χ3n) is 2.42. The molecule has 0 aromatic carbocycles. The maximum absolute atomic E-state index is 11.4. The Hall–Kier alpha value is -1.32. The van der Waals surface area contributed by atoms with Crippen LogP contribution < -0.4 is 0 Å². The minimum Gasteiger partial charge on any atom is -0.481 e. The first-order valence-electron chi connectivity index (χ1n) is 4.74. The number of likely N-dealkylation sites (tertiary alicyclic amines) is 1. The van der Waals surface area contributed by atoms with Crippen LogP contribution in [0.3, 0.4) is 0 Å². The molecule has 1 unspecified atom stereocenters. The molecule has 1 saturated heterocycles. The van der Waals surface area contributed by atoms with Crippen molar-refractivity contribution in [2.24, 2.45) is 5.92 Å². The van der Waals surface area contributed by atoms with E-state index in [1.54, 1.807) is 11.0 Å². The molecule has 0 aromatic rings. The van der Waals surface area contributed by atoms with Crippen molar-refractivity contribution in [3.8, 4) is 0 Å². The van der Waals surface area contributed by atoms with Gasteiger partial charge < -0.3 is 10.0 Å². The zero-order valence-electron chi connectivity index (χ0n) is 8.11. The van der Waals surface area contributed by atoms with Gasteiger partial charge in [0.2, 0.25) is 5.91 Å². The molecule has 0 aromatic heterocycles. The van der Waals surface area contributed by atoms with Gasteiger partial charge in [-0.1, -0.05) is 6.08 Å². The molecular weight excluding hydrogens is 182 g/mol. The largest absolute Gasteiger partial charge is 0.481 e. The van der Waals surface area contributed by atoms with Crippen molar-refractivity contribution < 1.29 is 14.7 Å². The number of nitrogens with zero attached hydrogens (tertiary/aromatic N) is 1. The third kappa shape index (κ3) is 2.87. The molecule has 1 aliphatic heterocycles. The Morgan fingerprint density at radius 1 is 1.57 bits per heavy atom. The summed E-state index contributed by atoms with van der Waals surface area (Å²) in [6, 6.07) is 0. The highest BCUT2D eigenvalue weighted by atomic mass is 16.4. The van der Waals surface area contributed by atoms with Crippen molar-refractivity contribution >= 4 is 11.9 Å². The number of carbonyl (C=O) groups is 2. The second-order valence-electron chi connectivity index (χ2n) is 3.59. The van der Waals surface area contributed by atoms with Gasteiger partial charge in [-0.05, 0) is 12.3 Å². The van der Waals surface area contributed by atoms with Crippen LogP contribution in [0.1, 0.15) is 19.3 Å². The number of amides is 1. The predicted molar refractivity (Wildman–Crippen MR) is 51.8 cm³/mol. The summed E-state index contributed by atoms with van der Waals surface area (Å²) in [6.07, 6.45) is 2.89. The molecule has 78 valence electrons. The van der Waals surface area contributed by atoms with E-state index < -0.39 is 5.97 Å². The monoisotopic (exact) mass is 197 g/mol. The van der Waals surface area contributed by atoms with Gasteiger partial charge in [-0.3, -0.25) is 9.59 Å². The Labute approximate surface area is 83.2 Å². The van der Waals surface area contributed by atoms with Crippen LogP contribution in [-0.4, -0.2) is 35.0 Å². The van der Waals surface area contributed by atoms with Gasteiger partial charge in [-0.15, -0.1) is 6.58 Å². The van der Waals surface area contributed by atoms with Gasteiger partial charge in [0.25, 0.3) is 0 Å². The summed E-state index contributed by atoms with van der Waals surface area (Å²) < 4.78 is 0. The maximum Gasteiger partial charge on any atom is 0.303 e. The molecule has 4 heteroatoms. The maximum atomic E-state index is 11.4. The van der Waals surface area contributed by atoms with Gasteiger partial charge in [0.15, 0.2) is 0 Å². The second kappa shape index (κ2) is 4.79. The number of hydrogen-bond donors (Lipinski definition) is 1. The highest BCUT2D eigenvalue weighted by Gasteiger charge is 2.26. The number of carbonyl (C=O) groups excluding carboxylic acids is 1. The van der Waals surface area contributed by atoms with Crippen molar-refractivity contribution in [1.82, 2.24) is 4.90 Å². The first-order chi connectivity index (χ1) is 6.63. The SMILES string of the molecule is C=CCC(=O)N1CCC(CC(=O)O)C1. The highest BCUT2D eigenvalue weighted by molar-refractivity contribution is 5.78. The van der Waals surface area contributed by atoms with Gasteiger partial charge in [-0.25, -0.2) is 0 Å². The van der Waals surface area contributed by atoms with Crippen molar-refractivity contribution in [3.05, 3.63) is 12.7 Å². The fourth-order valence-corrected chi connectivity index (χ4v) is 1.73. The molecule has 1 amide bonds. The van der Waals surface area contributed by atoms with Crippen LogP contribution in [0.2, 0.25) is 0 Å². The van der Waals surface area contributed by atoms with E-state index in [0.29, 0.717) is 19.5 Å². The van der Waals surface area contributed by atoms with Crippen molar-refractivity contribution in [1.29, 1.82) is 0 Å². The van der Waals surface area contributed by atoms with E-state index >= 15 is 0 Å². The minimum absolute atomic E-state index is 0.0490. The molecule has 1 atom stereocenters. The summed E-state index contributed by atoms with van der Waals surface area (Å²) in [4.78, 5) is 23.5. The second-order valence-corrected chi connectivity index (χ2v) is 3.59. The fraction of sp³-hybridized carbons (Fsp3) is 0.600. The van der Waals surface area contributed by atoms with Gasteiger partial charge >= 0.3 is 5.97 Å². The van der Waals surface area contributed by atoms with Gasteiger partial charge in [-0.2, -0.15) is 0 Å².